The van der Waals surface area contributed by atoms with Crippen LogP contribution < -0.4 is 14.2 Å². The van der Waals surface area contributed by atoms with Crippen molar-refractivity contribution < 1.29 is 47.6 Å². The van der Waals surface area contributed by atoms with E-state index in [0.717, 1.165) is 29.0 Å². The quantitative estimate of drug-likeness (QED) is 0.0989. The number of hydrogen-bond acceptors (Lipinski definition) is 15. The Morgan fingerprint density at radius 1 is 0.569 bits per heavy atom. The number of nitrogens with zero attached hydrogens (tertiary/aromatic N) is 6. The van der Waals surface area contributed by atoms with Gasteiger partial charge in [0.1, 0.15) is 32.0 Å². The summed E-state index contributed by atoms with van der Waals surface area (Å²) < 4.78 is 31.9. The summed E-state index contributed by atoms with van der Waals surface area (Å²) in [6, 6.07) is 30.8. The van der Waals surface area contributed by atoms with Gasteiger partial charge in [0.05, 0.1) is 19.6 Å². The van der Waals surface area contributed by atoms with Crippen LogP contribution in [-0.4, -0.2) is 101 Å². The van der Waals surface area contributed by atoms with Crippen LogP contribution in [0.15, 0.2) is 111 Å². The first kappa shape index (κ1) is 44.4. The summed E-state index contributed by atoms with van der Waals surface area (Å²) in [6.45, 7) is 1.90. The van der Waals surface area contributed by atoms with Gasteiger partial charge in [-0.3, -0.25) is 4.79 Å². The number of aromatic carboxylic acids is 1. The third-order valence-electron chi connectivity index (χ3n) is 7.69. The minimum atomic E-state index is -1.11. The standard InChI is InChI=1S/C15H18N2O4.C14H16N2O4.C13H16N2O2/c1-17(2)8-13-14(12(19)9-18)15(16-21-13)20-10-11-6-4-3-5-7-11;1-16(2)8-11-12(14(17)18)13(15-20-11)19-9-10-6-4-3-5-7-10;1-15(2)9-12-8-13(14-17-12)16-10-11-6-4-3-5-7-11/h3-7,18H,8-10H2,1-2H3;3-7H,8-9H2,1-2H3,(H,17,18);3-8H,9-10H2,1-2H3. The molecule has 3 aromatic heterocycles. The van der Waals surface area contributed by atoms with E-state index in [4.69, 9.17) is 32.9 Å². The zero-order valence-electron chi connectivity index (χ0n) is 33.5. The highest BCUT2D eigenvalue weighted by atomic mass is 16.5. The number of carboxylic acid groups (broad SMARTS) is 1. The highest BCUT2D eigenvalue weighted by Gasteiger charge is 2.25. The van der Waals surface area contributed by atoms with Gasteiger partial charge >= 0.3 is 5.97 Å². The highest BCUT2D eigenvalue weighted by Crippen LogP contribution is 2.25. The van der Waals surface area contributed by atoms with Gasteiger partial charge in [0, 0.05) is 6.07 Å². The number of Topliss-reactive ketones (excluding diaryl/α,β-unsaturated/α-hetero) is 1. The van der Waals surface area contributed by atoms with E-state index in [1.807, 2.05) is 149 Å². The summed E-state index contributed by atoms with van der Waals surface area (Å²) in [5.41, 5.74) is 3.19. The van der Waals surface area contributed by atoms with Crippen molar-refractivity contribution in [3.63, 3.8) is 0 Å². The average molecular weight is 799 g/mol. The van der Waals surface area contributed by atoms with E-state index in [1.54, 1.807) is 4.90 Å². The summed E-state index contributed by atoms with van der Waals surface area (Å²) in [4.78, 5) is 28.8. The van der Waals surface area contributed by atoms with Crippen LogP contribution >= 0.6 is 0 Å². The lowest BCUT2D eigenvalue weighted by Gasteiger charge is -2.08. The lowest BCUT2D eigenvalue weighted by Crippen LogP contribution is -2.15. The molecule has 0 bridgehead atoms. The predicted octanol–water partition coefficient (Wildman–Crippen LogP) is 5.82. The summed E-state index contributed by atoms with van der Waals surface area (Å²) in [5, 5.41) is 29.7. The number of ketones is 1. The fraction of sp³-hybridized carbons (Fsp3) is 0.310. The normalized spacial score (nSPS) is 10.8. The number of benzene rings is 3. The molecule has 0 amide bonds. The molecule has 3 aromatic carbocycles. The largest absolute Gasteiger partial charge is 0.477 e. The van der Waals surface area contributed by atoms with Crippen molar-refractivity contribution >= 4 is 11.8 Å². The number of aliphatic hydroxyl groups is 1. The van der Waals surface area contributed by atoms with Gasteiger partial charge in [0.2, 0.25) is 0 Å². The fourth-order valence-electron chi connectivity index (χ4n) is 5.10. The molecule has 6 rings (SSSR count). The smallest absolute Gasteiger partial charge is 0.345 e. The molecule has 0 aliphatic carbocycles. The van der Waals surface area contributed by atoms with Crippen LogP contribution in [0.2, 0.25) is 0 Å². The molecule has 0 atom stereocenters. The topological polar surface area (TPSA) is 190 Å². The Morgan fingerprint density at radius 3 is 1.40 bits per heavy atom. The monoisotopic (exact) mass is 798 g/mol. The Bertz CT molecular complexity index is 2100. The number of rotatable bonds is 18. The minimum Gasteiger partial charge on any atom is -0.477 e. The molecule has 58 heavy (non-hydrogen) atoms. The lowest BCUT2D eigenvalue weighted by atomic mass is 10.1. The van der Waals surface area contributed by atoms with Crippen LogP contribution in [0, 0.1) is 0 Å². The van der Waals surface area contributed by atoms with Crippen molar-refractivity contribution in [2.24, 2.45) is 0 Å². The van der Waals surface area contributed by atoms with Gasteiger partial charge in [-0.05, 0) is 74.4 Å². The van der Waals surface area contributed by atoms with Crippen LogP contribution in [0.5, 0.6) is 17.6 Å². The van der Waals surface area contributed by atoms with Crippen LogP contribution in [-0.2, 0) is 39.5 Å². The molecule has 0 saturated heterocycles. The first-order chi connectivity index (χ1) is 27.9. The van der Waals surface area contributed by atoms with Crippen molar-refractivity contribution in [3.05, 3.63) is 142 Å². The summed E-state index contributed by atoms with van der Waals surface area (Å²) >= 11 is 0. The first-order valence-electron chi connectivity index (χ1n) is 18.2. The second kappa shape index (κ2) is 23.0. The number of hydrogen-bond donors (Lipinski definition) is 2. The van der Waals surface area contributed by atoms with Crippen LogP contribution in [0.4, 0.5) is 0 Å². The van der Waals surface area contributed by atoms with Crippen LogP contribution in [0.25, 0.3) is 0 Å². The van der Waals surface area contributed by atoms with E-state index < -0.39 is 18.4 Å². The zero-order chi connectivity index (χ0) is 41.9. The number of carboxylic acids is 1. The number of aromatic nitrogens is 3. The Kier molecular flexibility index (Phi) is 17.6. The molecule has 16 nitrogen and oxygen atoms in total. The van der Waals surface area contributed by atoms with Crippen LogP contribution in [0.3, 0.4) is 0 Å². The zero-order valence-corrected chi connectivity index (χ0v) is 33.5. The molecule has 16 heteroatoms. The highest BCUT2D eigenvalue weighted by molar-refractivity contribution is 5.99. The van der Waals surface area contributed by atoms with Gasteiger partial charge in [0.15, 0.2) is 28.6 Å². The summed E-state index contributed by atoms with van der Waals surface area (Å²) in [7, 11) is 11.3. The van der Waals surface area contributed by atoms with Crippen molar-refractivity contribution in [1.82, 2.24) is 30.2 Å². The molecule has 2 N–H and O–H groups in total. The molecular formula is C42H50N6O10. The van der Waals surface area contributed by atoms with Crippen molar-refractivity contribution in [2.75, 3.05) is 48.9 Å². The molecular weight excluding hydrogens is 748 g/mol. The number of ether oxygens (including phenoxy) is 3. The van der Waals surface area contributed by atoms with Gasteiger partial charge in [-0.1, -0.05) is 91.0 Å². The van der Waals surface area contributed by atoms with Crippen molar-refractivity contribution in [3.8, 4) is 17.6 Å². The number of carbonyl (C=O) groups excluding carboxylic acids is 1. The third kappa shape index (κ3) is 14.6. The molecule has 0 unspecified atom stereocenters. The Balaban J connectivity index is 0.000000194. The predicted molar refractivity (Wildman–Crippen MR) is 212 cm³/mol. The van der Waals surface area contributed by atoms with E-state index in [-0.39, 0.29) is 41.9 Å². The first-order valence-corrected chi connectivity index (χ1v) is 18.2. The average Bonchev–Trinajstić information content (AvgIpc) is 3.94. The fourth-order valence-corrected chi connectivity index (χ4v) is 5.10. The maximum absolute atomic E-state index is 11.9. The summed E-state index contributed by atoms with van der Waals surface area (Å²) in [5.74, 6) is 0.576. The van der Waals surface area contributed by atoms with Crippen LogP contribution in [0.1, 0.15) is 54.7 Å². The van der Waals surface area contributed by atoms with Crippen molar-refractivity contribution in [2.45, 2.75) is 39.5 Å². The number of carbonyl (C=O) groups is 2. The second-order valence-corrected chi connectivity index (χ2v) is 13.6. The molecule has 6 aromatic rings. The maximum Gasteiger partial charge on any atom is 0.345 e. The molecule has 0 aliphatic heterocycles. The molecule has 308 valence electrons. The maximum atomic E-state index is 11.9. The molecule has 0 radical (unpaired) electrons. The van der Waals surface area contributed by atoms with E-state index in [1.165, 1.54) is 0 Å². The number of aliphatic hydroxyl groups excluding tert-OH is 1. The van der Waals surface area contributed by atoms with E-state index in [9.17, 15) is 14.7 Å². The van der Waals surface area contributed by atoms with E-state index in [2.05, 4.69) is 15.5 Å². The molecule has 0 spiro atoms. The lowest BCUT2D eigenvalue weighted by molar-refractivity contribution is 0.0688. The molecule has 0 fully saturated rings. The Morgan fingerprint density at radius 2 is 0.983 bits per heavy atom. The molecule has 0 aliphatic rings. The minimum absolute atomic E-state index is 0.0122. The Hall–Kier alpha value is -6.33. The Labute approximate surface area is 337 Å². The van der Waals surface area contributed by atoms with Gasteiger partial charge in [-0.2, -0.15) is 0 Å². The molecule has 3 heterocycles. The van der Waals surface area contributed by atoms with Gasteiger partial charge in [-0.25, -0.2) is 4.79 Å². The van der Waals surface area contributed by atoms with Gasteiger partial charge in [0.25, 0.3) is 17.6 Å². The van der Waals surface area contributed by atoms with E-state index >= 15 is 0 Å². The van der Waals surface area contributed by atoms with Gasteiger partial charge < -0.3 is 52.7 Å². The van der Waals surface area contributed by atoms with E-state index in [0.29, 0.717) is 31.3 Å². The second-order valence-electron chi connectivity index (χ2n) is 13.6. The SMILES string of the molecule is CN(C)Cc1cc(OCc2ccccc2)no1.CN(C)Cc1onc(OCc2ccccc2)c1C(=O)CO.CN(C)Cc1onc(OCc2ccccc2)c1C(=O)O. The summed E-state index contributed by atoms with van der Waals surface area (Å²) in [6.07, 6.45) is 0. The third-order valence-corrected chi connectivity index (χ3v) is 7.69. The van der Waals surface area contributed by atoms with Crippen molar-refractivity contribution in [1.29, 1.82) is 0 Å². The van der Waals surface area contributed by atoms with Gasteiger partial charge in [-0.15, -0.1) is 0 Å². The molecule has 0 saturated carbocycles.